The Morgan fingerprint density at radius 3 is 2.70 bits per heavy atom. The zero-order chi connectivity index (χ0) is 7.98. The summed E-state index contributed by atoms with van der Waals surface area (Å²) < 4.78 is 0. The molecule has 0 radical (unpaired) electrons. The third-order valence-electron chi connectivity index (χ3n) is 1.20. The number of hydrogen-bond donors (Lipinski definition) is 3. The molecule has 4 N–H and O–H groups in total. The van der Waals surface area contributed by atoms with Gasteiger partial charge in [0.2, 0.25) is 0 Å². The van der Waals surface area contributed by atoms with Crippen LogP contribution < -0.4 is 11.1 Å². The van der Waals surface area contributed by atoms with Crippen LogP contribution in [0.1, 0.15) is 6.92 Å². The second-order valence-corrected chi connectivity index (χ2v) is 2.45. The van der Waals surface area contributed by atoms with E-state index in [1.165, 1.54) is 0 Å². The van der Waals surface area contributed by atoms with Crippen molar-refractivity contribution in [1.82, 2.24) is 5.32 Å². The average molecular weight is 144 g/mol. The van der Waals surface area contributed by atoms with Crippen LogP contribution in [0.15, 0.2) is 12.2 Å². The zero-order valence-electron chi connectivity index (χ0n) is 6.43. The number of aliphatic hydroxyl groups excluding tert-OH is 1. The molecule has 60 valence electrons. The summed E-state index contributed by atoms with van der Waals surface area (Å²) in [4.78, 5) is 0. The lowest BCUT2D eigenvalue weighted by Gasteiger charge is -2.12. The molecule has 0 amide bonds. The fraction of sp³-hybridized carbons (Fsp3) is 0.714. The fourth-order valence-corrected chi connectivity index (χ4v) is 0.541. The second kappa shape index (κ2) is 5.41. The lowest BCUT2D eigenvalue weighted by molar-refractivity contribution is 0.248. The third-order valence-corrected chi connectivity index (χ3v) is 1.20. The van der Waals surface area contributed by atoms with Gasteiger partial charge < -0.3 is 16.2 Å². The quantitative estimate of drug-likeness (QED) is 0.455. The Morgan fingerprint density at radius 2 is 2.40 bits per heavy atom. The van der Waals surface area contributed by atoms with Crippen molar-refractivity contribution in [3.63, 3.8) is 0 Å². The second-order valence-electron chi connectivity index (χ2n) is 2.45. The van der Waals surface area contributed by atoms with Gasteiger partial charge in [0.05, 0.1) is 6.61 Å². The van der Waals surface area contributed by atoms with Gasteiger partial charge in [0.25, 0.3) is 0 Å². The molecule has 0 rings (SSSR count). The van der Waals surface area contributed by atoms with Crippen LogP contribution in [0.25, 0.3) is 0 Å². The van der Waals surface area contributed by atoms with Crippen LogP contribution in [0.5, 0.6) is 0 Å². The normalized spacial score (nSPS) is 13.1. The summed E-state index contributed by atoms with van der Waals surface area (Å²) in [6.45, 7) is 6.91. The van der Waals surface area contributed by atoms with Gasteiger partial charge >= 0.3 is 0 Å². The van der Waals surface area contributed by atoms with E-state index >= 15 is 0 Å². The first kappa shape index (κ1) is 9.62. The highest BCUT2D eigenvalue weighted by molar-refractivity contribution is 4.91. The van der Waals surface area contributed by atoms with Gasteiger partial charge in [-0.3, -0.25) is 0 Å². The molecular formula is C7H16N2O. The summed E-state index contributed by atoms with van der Waals surface area (Å²) in [6, 6.07) is 0.0108. The molecule has 0 bridgehead atoms. The molecule has 0 fully saturated rings. The summed E-state index contributed by atoms with van der Waals surface area (Å²) in [6.07, 6.45) is 0. The minimum absolute atomic E-state index is 0.0108. The molecule has 0 aliphatic heterocycles. The number of nitrogens with one attached hydrogen (secondary N) is 1. The van der Waals surface area contributed by atoms with Gasteiger partial charge in [-0.1, -0.05) is 12.2 Å². The van der Waals surface area contributed by atoms with Crippen molar-refractivity contribution in [2.45, 2.75) is 13.0 Å². The van der Waals surface area contributed by atoms with Crippen LogP contribution in [0.4, 0.5) is 0 Å². The molecule has 0 aromatic rings. The van der Waals surface area contributed by atoms with Crippen molar-refractivity contribution < 1.29 is 5.11 Å². The standard InChI is InChI=1S/C7H16N2O/c1-6(2)4-9-7(3-8)5-10/h7,9-10H,1,3-5,8H2,2H3. The van der Waals surface area contributed by atoms with Crippen LogP contribution in [0, 0.1) is 0 Å². The lowest BCUT2D eigenvalue weighted by atomic mass is 10.3. The molecule has 1 atom stereocenters. The molecule has 0 aromatic heterocycles. The molecule has 10 heavy (non-hydrogen) atoms. The first-order valence-corrected chi connectivity index (χ1v) is 3.39. The molecule has 3 nitrogen and oxygen atoms in total. The van der Waals surface area contributed by atoms with Crippen molar-refractivity contribution >= 4 is 0 Å². The lowest BCUT2D eigenvalue weighted by Crippen LogP contribution is -2.39. The van der Waals surface area contributed by atoms with E-state index in [2.05, 4.69) is 11.9 Å². The Labute approximate surface area is 61.9 Å². The summed E-state index contributed by atoms with van der Waals surface area (Å²) in [5.41, 5.74) is 6.37. The van der Waals surface area contributed by atoms with Gasteiger partial charge in [0.15, 0.2) is 0 Å². The SMILES string of the molecule is C=C(C)CNC(CN)CO. The minimum Gasteiger partial charge on any atom is -0.395 e. The van der Waals surface area contributed by atoms with E-state index in [0.29, 0.717) is 6.54 Å². The van der Waals surface area contributed by atoms with Gasteiger partial charge in [0, 0.05) is 19.1 Å². The Bertz CT molecular complexity index is 99.8. The number of rotatable bonds is 5. The molecule has 3 heteroatoms. The summed E-state index contributed by atoms with van der Waals surface area (Å²) >= 11 is 0. The maximum absolute atomic E-state index is 8.67. The number of aliphatic hydroxyl groups is 1. The van der Waals surface area contributed by atoms with Crippen molar-refractivity contribution in [2.75, 3.05) is 19.7 Å². The van der Waals surface area contributed by atoms with E-state index in [1.807, 2.05) is 6.92 Å². The first-order chi connectivity index (χ1) is 4.70. The molecule has 0 spiro atoms. The minimum atomic E-state index is 0.0108. The van der Waals surface area contributed by atoms with Crippen LogP contribution in [-0.2, 0) is 0 Å². The predicted octanol–water partition coefficient (Wildman–Crippen LogP) is -0.528. The highest BCUT2D eigenvalue weighted by Gasteiger charge is 2.01. The molecule has 1 unspecified atom stereocenters. The van der Waals surface area contributed by atoms with Crippen LogP contribution in [0.2, 0.25) is 0 Å². The van der Waals surface area contributed by atoms with Crippen LogP contribution in [-0.4, -0.2) is 30.8 Å². The van der Waals surface area contributed by atoms with Crippen molar-refractivity contribution in [3.05, 3.63) is 12.2 Å². The largest absolute Gasteiger partial charge is 0.395 e. The van der Waals surface area contributed by atoms with Crippen LogP contribution >= 0.6 is 0 Å². The van der Waals surface area contributed by atoms with Gasteiger partial charge in [-0.2, -0.15) is 0 Å². The Balaban J connectivity index is 3.34. The van der Waals surface area contributed by atoms with E-state index in [4.69, 9.17) is 10.8 Å². The van der Waals surface area contributed by atoms with Gasteiger partial charge in [0.1, 0.15) is 0 Å². The Hall–Kier alpha value is -0.380. The monoisotopic (exact) mass is 144 g/mol. The smallest absolute Gasteiger partial charge is 0.0597 e. The summed E-state index contributed by atoms with van der Waals surface area (Å²) in [5.74, 6) is 0. The van der Waals surface area contributed by atoms with Crippen molar-refractivity contribution in [3.8, 4) is 0 Å². The first-order valence-electron chi connectivity index (χ1n) is 3.39. The van der Waals surface area contributed by atoms with Crippen molar-refractivity contribution in [1.29, 1.82) is 0 Å². The van der Waals surface area contributed by atoms with E-state index in [-0.39, 0.29) is 12.6 Å². The highest BCUT2D eigenvalue weighted by atomic mass is 16.3. The van der Waals surface area contributed by atoms with E-state index in [1.54, 1.807) is 0 Å². The number of hydrogen-bond acceptors (Lipinski definition) is 3. The van der Waals surface area contributed by atoms with Crippen LogP contribution in [0.3, 0.4) is 0 Å². The Kier molecular flexibility index (Phi) is 5.20. The van der Waals surface area contributed by atoms with Crippen molar-refractivity contribution in [2.24, 2.45) is 5.73 Å². The molecule has 0 saturated heterocycles. The number of nitrogens with two attached hydrogens (primary N) is 1. The van der Waals surface area contributed by atoms with Gasteiger partial charge in [-0.15, -0.1) is 0 Å². The molecule has 0 saturated carbocycles. The molecule has 0 heterocycles. The van der Waals surface area contributed by atoms with E-state index in [0.717, 1.165) is 12.1 Å². The topological polar surface area (TPSA) is 58.3 Å². The van der Waals surface area contributed by atoms with Gasteiger partial charge in [-0.05, 0) is 6.92 Å². The average Bonchev–Trinajstić information content (AvgIpc) is 1.90. The van der Waals surface area contributed by atoms with E-state index < -0.39 is 0 Å². The molecular weight excluding hydrogens is 128 g/mol. The highest BCUT2D eigenvalue weighted by Crippen LogP contribution is 1.84. The third kappa shape index (κ3) is 4.49. The zero-order valence-corrected chi connectivity index (χ0v) is 6.43. The molecule has 0 aromatic carbocycles. The summed E-state index contributed by atoms with van der Waals surface area (Å²) in [7, 11) is 0. The van der Waals surface area contributed by atoms with E-state index in [9.17, 15) is 0 Å². The summed E-state index contributed by atoms with van der Waals surface area (Å²) in [5, 5.41) is 11.7. The van der Waals surface area contributed by atoms with Gasteiger partial charge in [-0.25, -0.2) is 0 Å². The molecule has 0 aliphatic carbocycles. The molecule has 0 aliphatic rings. The predicted molar refractivity (Wildman–Crippen MR) is 42.7 cm³/mol. The Morgan fingerprint density at radius 1 is 1.80 bits per heavy atom. The fourth-order valence-electron chi connectivity index (χ4n) is 0.541. The maximum atomic E-state index is 8.67. The maximum Gasteiger partial charge on any atom is 0.0597 e.